The zero-order valence-corrected chi connectivity index (χ0v) is 9.21. The molecule has 0 saturated carbocycles. The first-order valence-electron chi connectivity index (χ1n) is 3.88. The predicted molar refractivity (Wildman–Crippen MR) is 56.8 cm³/mol. The SMILES string of the molecule is O=c1cc(I)cnn1Cc1ccno1. The monoisotopic (exact) mass is 303 g/mol. The molecule has 0 bridgehead atoms. The van der Waals surface area contributed by atoms with Gasteiger partial charge in [-0.3, -0.25) is 4.79 Å². The number of halogens is 1. The van der Waals surface area contributed by atoms with E-state index in [1.165, 1.54) is 16.9 Å². The summed E-state index contributed by atoms with van der Waals surface area (Å²) < 4.78 is 7.01. The molecule has 2 rings (SSSR count). The second-order valence-electron chi connectivity index (χ2n) is 2.65. The minimum Gasteiger partial charge on any atom is -0.359 e. The van der Waals surface area contributed by atoms with Crippen LogP contribution < -0.4 is 5.56 Å². The lowest BCUT2D eigenvalue weighted by atomic mass is 10.4. The second kappa shape index (κ2) is 3.91. The van der Waals surface area contributed by atoms with Gasteiger partial charge in [-0.15, -0.1) is 0 Å². The van der Waals surface area contributed by atoms with Crippen molar-refractivity contribution in [2.24, 2.45) is 0 Å². The molecule has 5 nitrogen and oxygen atoms in total. The molecule has 6 heteroatoms. The first-order valence-corrected chi connectivity index (χ1v) is 4.96. The van der Waals surface area contributed by atoms with Crippen molar-refractivity contribution >= 4 is 22.6 Å². The summed E-state index contributed by atoms with van der Waals surface area (Å²) in [4.78, 5) is 11.4. The van der Waals surface area contributed by atoms with Crippen molar-refractivity contribution in [3.63, 3.8) is 0 Å². The molecule has 0 unspecified atom stereocenters. The zero-order chi connectivity index (χ0) is 9.97. The summed E-state index contributed by atoms with van der Waals surface area (Å²) in [6.45, 7) is 0.315. The number of hydrogen-bond acceptors (Lipinski definition) is 4. The van der Waals surface area contributed by atoms with Crippen LogP contribution in [0.15, 0.2) is 33.8 Å². The highest BCUT2D eigenvalue weighted by atomic mass is 127. The normalized spacial score (nSPS) is 10.4. The number of hydrogen-bond donors (Lipinski definition) is 0. The quantitative estimate of drug-likeness (QED) is 0.773. The van der Waals surface area contributed by atoms with Gasteiger partial charge in [0.25, 0.3) is 5.56 Å². The Morgan fingerprint density at radius 3 is 3.07 bits per heavy atom. The summed E-state index contributed by atoms with van der Waals surface area (Å²) in [6.07, 6.45) is 3.16. The third kappa shape index (κ3) is 2.00. The van der Waals surface area contributed by atoms with Gasteiger partial charge in [0.05, 0.1) is 12.4 Å². The van der Waals surface area contributed by atoms with Crippen LogP contribution in [-0.2, 0) is 6.54 Å². The van der Waals surface area contributed by atoms with Crippen LogP contribution >= 0.6 is 22.6 Å². The molecule has 0 aliphatic heterocycles. The van der Waals surface area contributed by atoms with Gasteiger partial charge in [0.2, 0.25) is 0 Å². The fraction of sp³-hybridized carbons (Fsp3) is 0.125. The van der Waals surface area contributed by atoms with Crippen molar-refractivity contribution in [3.05, 3.63) is 44.2 Å². The first kappa shape index (κ1) is 9.38. The molecule has 2 heterocycles. The maximum absolute atomic E-state index is 11.4. The van der Waals surface area contributed by atoms with Crippen molar-refractivity contribution in [1.29, 1.82) is 0 Å². The lowest BCUT2D eigenvalue weighted by molar-refractivity contribution is 0.368. The van der Waals surface area contributed by atoms with Crippen LogP contribution in [0.5, 0.6) is 0 Å². The molecule has 0 saturated heterocycles. The topological polar surface area (TPSA) is 60.9 Å². The van der Waals surface area contributed by atoms with Crippen molar-refractivity contribution in [2.75, 3.05) is 0 Å². The van der Waals surface area contributed by atoms with Gasteiger partial charge in [-0.2, -0.15) is 5.10 Å². The van der Waals surface area contributed by atoms with E-state index in [0.717, 1.165) is 3.57 Å². The van der Waals surface area contributed by atoms with Gasteiger partial charge in [-0.05, 0) is 22.6 Å². The highest BCUT2D eigenvalue weighted by Crippen LogP contribution is 1.99. The predicted octanol–water partition coefficient (Wildman–Crippen LogP) is 0.884. The van der Waals surface area contributed by atoms with Crippen LogP contribution in [0.3, 0.4) is 0 Å². The Morgan fingerprint density at radius 2 is 2.43 bits per heavy atom. The van der Waals surface area contributed by atoms with Gasteiger partial charge in [-0.1, -0.05) is 5.16 Å². The third-order valence-electron chi connectivity index (χ3n) is 1.63. The first-order chi connectivity index (χ1) is 6.75. The van der Waals surface area contributed by atoms with Crippen LogP contribution in [0.4, 0.5) is 0 Å². The average Bonchev–Trinajstić information content (AvgIpc) is 2.62. The van der Waals surface area contributed by atoms with Crippen molar-refractivity contribution in [2.45, 2.75) is 6.54 Å². The van der Waals surface area contributed by atoms with E-state index >= 15 is 0 Å². The molecule has 0 fully saturated rings. The Bertz CT molecular complexity index is 478. The summed E-state index contributed by atoms with van der Waals surface area (Å²) in [5.41, 5.74) is -0.145. The van der Waals surface area contributed by atoms with Crippen molar-refractivity contribution in [1.82, 2.24) is 14.9 Å². The summed E-state index contributed by atoms with van der Waals surface area (Å²) in [6, 6.07) is 3.22. The van der Waals surface area contributed by atoms with Crippen LogP contribution in [0, 0.1) is 3.57 Å². The van der Waals surface area contributed by atoms with Crippen LogP contribution in [0.2, 0.25) is 0 Å². The molecule has 0 atom stereocenters. The maximum Gasteiger partial charge on any atom is 0.268 e. The molecule has 0 amide bonds. The molecule has 0 spiro atoms. The molecule has 2 aromatic heterocycles. The Hall–Kier alpha value is -1.18. The molecule has 0 radical (unpaired) electrons. The zero-order valence-electron chi connectivity index (χ0n) is 7.05. The molecule has 14 heavy (non-hydrogen) atoms. The lowest BCUT2D eigenvalue weighted by Gasteiger charge is -1.99. The number of nitrogens with zero attached hydrogens (tertiary/aromatic N) is 3. The molecular weight excluding hydrogens is 297 g/mol. The molecular formula is C8H6IN3O2. The molecule has 2 aromatic rings. The van der Waals surface area contributed by atoms with E-state index < -0.39 is 0 Å². The Kier molecular flexibility index (Phi) is 2.62. The standard InChI is InChI=1S/C8H6IN3O2/c9-6-3-8(13)12(10-4-6)5-7-1-2-11-14-7/h1-4H,5H2. The Labute approximate surface area is 92.9 Å². The van der Waals surface area contributed by atoms with E-state index in [2.05, 4.69) is 10.3 Å². The van der Waals surface area contributed by atoms with E-state index in [1.54, 1.807) is 12.3 Å². The Balaban J connectivity index is 2.30. The smallest absolute Gasteiger partial charge is 0.268 e. The molecule has 72 valence electrons. The summed E-state index contributed by atoms with van der Waals surface area (Å²) in [7, 11) is 0. The van der Waals surface area contributed by atoms with Gasteiger partial charge < -0.3 is 4.52 Å². The fourth-order valence-electron chi connectivity index (χ4n) is 1.00. The van der Waals surface area contributed by atoms with Gasteiger partial charge in [0, 0.05) is 15.7 Å². The van der Waals surface area contributed by atoms with E-state index in [4.69, 9.17) is 4.52 Å². The second-order valence-corrected chi connectivity index (χ2v) is 3.89. The van der Waals surface area contributed by atoms with Gasteiger partial charge in [0.1, 0.15) is 6.54 Å². The fourth-order valence-corrected chi connectivity index (χ4v) is 1.39. The third-order valence-corrected chi connectivity index (χ3v) is 2.22. The Morgan fingerprint density at radius 1 is 1.57 bits per heavy atom. The number of aromatic nitrogens is 3. The maximum atomic E-state index is 11.4. The van der Waals surface area contributed by atoms with E-state index in [9.17, 15) is 4.79 Å². The summed E-state index contributed by atoms with van der Waals surface area (Å²) in [5.74, 6) is 0.612. The van der Waals surface area contributed by atoms with E-state index in [-0.39, 0.29) is 5.56 Å². The van der Waals surface area contributed by atoms with Crippen LogP contribution in [0.25, 0.3) is 0 Å². The summed E-state index contributed by atoms with van der Waals surface area (Å²) >= 11 is 2.04. The highest BCUT2D eigenvalue weighted by Gasteiger charge is 2.02. The minimum absolute atomic E-state index is 0.145. The molecule has 0 aliphatic carbocycles. The summed E-state index contributed by atoms with van der Waals surface area (Å²) in [5, 5.41) is 7.51. The van der Waals surface area contributed by atoms with E-state index in [0.29, 0.717) is 12.3 Å². The minimum atomic E-state index is -0.145. The number of rotatable bonds is 2. The van der Waals surface area contributed by atoms with Gasteiger partial charge in [-0.25, -0.2) is 4.68 Å². The van der Waals surface area contributed by atoms with Crippen molar-refractivity contribution < 1.29 is 4.52 Å². The van der Waals surface area contributed by atoms with Crippen LogP contribution in [0.1, 0.15) is 5.76 Å². The van der Waals surface area contributed by atoms with Gasteiger partial charge in [0.15, 0.2) is 5.76 Å². The highest BCUT2D eigenvalue weighted by molar-refractivity contribution is 14.1. The average molecular weight is 303 g/mol. The largest absolute Gasteiger partial charge is 0.359 e. The van der Waals surface area contributed by atoms with Crippen LogP contribution in [-0.4, -0.2) is 14.9 Å². The van der Waals surface area contributed by atoms with E-state index in [1.807, 2.05) is 22.6 Å². The molecule has 0 aliphatic rings. The van der Waals surface area contributed by atoms with Gasteiger partial charge >= 0.3 is 0 Å². The lowest BCUT2D eigenvalue weighted by Crippen LogP contribution is -2.22. The molecule has 0 N–H and O–H groups in total. The van der Waals surface area contributed by atoms with Crippen molar-refractivity contribution in [3.8, 4) is 0 Å². The molecule has 0 aromatic carbocycles.